The van der Waals surface area contributed by atoms with Gasteiger partial charge in [0.05, 0.1) is 6.07 Å². The molecule has 0 bridgehead atoms. The molecule has 2 atom stereocenters. The number of likely N-dealkylation sites (N-methyl/N-ethyl adjacent to an activating group) is 1. The van der Waals surface area contributed by atoms with E-state index in [1.54, 1.807) is 0 Å². The number of piperazine rings is 1. The van der Waals surface area contributed by atoms with E-state index in [1.807, 2.05) is 24.3 Å². The highest BCUT2D eigenvalue weighted by Crippen LogP contribution is 2.26. The zero-order valence-corrected chi connectivity index (χ0v) is 13.0. The SMILES string of the molecule is CCC1CN(C(C#N)c2cccc(Cl)c2)CCN1CC. The first-order valence-electron chi connectivity index (χ1n) is 7.32. The van der Waals surface area contributed by atoms with Gasteiger partial charge in [-0.1, -0.05) is 37.6 Å². The molecule has 2 rings (SSSR count). The van der Waals surface area contributed by atoms with Gasteiger partial charge in [0, 0.05) is 30.7 Å². The number of hydrogen-bond donors (Lipinski definition) is 0. The van der Waals surface area contributed by atoms with E-state index in [2.05, 4.69) is 29.7 Å². The van der Waals surface area contributed by atoms with Gasteiger partial charge in [0.25, 0.3) is 0 Å². The first-order chi connectivity index (χ1) is 9.69. The molecule has 1 aromatic carbocycles. The van der Waals surface area contributed by atoms with Gasteiger partial charge >= 0.3 is 0 Å². The van der Waals surface area contributed by atoms with Crippen LogP contribution in [-0.2, 0) is 0 Å². The summed E-state index contributed by atoms with van der Waals surface area (Å²) in [5.41, 5.74) is 1.000. The Morgan fingerprint density at radius 3 is 2.80 bits per heavy atom. The molecule has 0 aromatic heterocycles. The fourth-order valence-electron chi connectivity index (χ4n) is 3.00. The van der Waals surface area contributed by atoms with Crippen LogP contribution in [0.1, 0.15) is 31.9 Å². The number of nitrogens with zero attached hydrogens (tertiary/aromatic N) is 3. The van der Waals surface area contributed by atoms with Crippen molar-refractivity contribution < 1.29 is 0 Å². The van der Waals surface area contributed by atoms with Crippen LogP contribution in [0.5, 0.6) is 0 Å². The van der Waals surface area contributed by atoms with Gasteiger partial charge in [-0.05, 0) is 30.7 Å². The van der Waals surface area contributed by atoms with Crippen molar-refractivity contribution in [3.8, 4) is 6.07 Å². The molecule has 2 unspecified atom stereocenters. The first-order valence-corrected chi connectivity index (χ1v) is 7.70. The second-order valence-corrected chi connectivity index (χ2v) is 5.71. The van der Waals surface area contributed by atoms with Gasteiger partial charge in [-0.3, -0.25) is 9.80 Å². The Hall–Kier alpha value is -1.08. The van der Waals surface area contributed by atoms with Crippen molar-refractivity contribution in [1.82, 2.24) is 9.80 Å². The highest BCUT2D eigenvalue weighted by molar-refractivity contribution is 6.30. The van der Waals surface area contributed by atoms with Crippen LogP contribution in [0.2, 0.25) is 5.02 Å². The van der Waals surface area contributed by atoms with Crippen LogP contribution in [-0.4, -0.2) is 42.0 Å². The third-order valence-electron chi connectivity index (χ3n) is 4.17. The Kier molecular flexibility index (Phi) is 5.42. The third-order valence-corrected chi connectivity index (χ3v) is 4.40. The maximum atomic E-state index is 9.56. The van der Waals surface area contributed by atoms with Crippen LogP contribution in [0.4, 0.5) is 0 Å². The molecule has 0 N–H and O–H groups in total. The topological polar surface area (TPSA) is 30.3 Å². The lowest BCUT2D eigenvalue weighted by molar-refractivity contribution is 0.0623. The molecule has 0 aliphatic carbocycles. The Labute approximate surface area is 126 Å². The largest absolute Gasteiger partial charge is 0.298 e. The minimum atomic E-state index is -0.193. The molecule has 1 heterocycles. The summed E-state index contributed by atoms with van der Waals surface area (Å²) in [6.07, 6.45) is 1.12. The molecule has 20 heavy (non-hydrogen) atoms. The molecule has 108 valence electrons. The van der Waals surface area contributed by atoms with Gasteiger partial charge in [0.1, 0.15) is 6.04 Å². The molecule has 0 radical (unpaired) electrons. The van der Waals surface area contributed by atoms with Crippen molar-refractivity contribution in [1.29, 1.82) is 5.26 Å². The third kappa shape index (κ3) is 3.32. The first kappa shape index (κ1) is 15.3. The lowest BCUT2D eigenvalue weighted by Gasteiger charge is -2.42. The van der Waals surface area contributed by atoms with Gasteiger partial charge in [0.15, 0.2) is 0 Å². The minimum Gasteiger partial charge on any atom is -0.298 e. The van der Waals surface area contributed by atoms with Crippen molar-refractivity contribution in [3.05, 3.63) is 34.9 Å². The second-order valence-electron chi connectivity index (χ2n) is 5.27. The van der Waals surface area contributed by atoms with E-state index in [9.17, 15) is 5.26 Å². The smallest absolute Gasteiger partial charge is 0.124 e. The van der Waals surface area contributed by atoms with Crippen LogP contribution in [0.3, 0.4) is 0 Å². The summed E-state index contributed by atoms with van der Waals surface area (Å²) < 4.78 is 0. The highest BCUT2D eigenvalue weighted by Gasteiger charge is 2.29. The molecule has 0 amide bonds. The molecule has 1 saturated heterocycles. The van der Waals surface area contributed by atoms with Crippen molar-refractivity contribution in [2.24, 2.45) is 0 Å². The van der Waals surface area contributed by atoms with Gasteiger partial charge in [-0.2, -0.15) is 5.26 Å². The monoisotopic (exact) mass is 291 g/mol. The highest BCUT2D eigenvalue weighted by atomic mass is 35.5. The van der Waals surface area contributed by atoms with Crippen molar-refractivity contribution >= 4 is 11.6 Å². The molecule has 4 heteroatoms. The molecule has 1 aliphatic heterocycles. The van der Waals surface area contributed by atoms with E-state index >= 15 is 0 Å². The zero-order valence-electron chi connectivity index (χ0n) is 12.2. The predicted octanol–water partition coefficient (Wildman–Crippen LogP) is 3.32. The van der Waals surface area contributed by atoms with Crippen molar-refractivity contribution in [2.45, 2.75) is 32.4 Å². The summed E-state index contributed by atoms with van der Waals surface area (Å²) in [6.45, 7) is 8.44. The number of benzene rings is 1. The Morgan fingerprint density at radius 1 is 1.40 bits per heavy atom. The summed E-state index contributed by atoms with van der Waals surface area (Å²) in [5, 5.41) is 10.3. The van der Waals surface area contributed by atoms with Crippen LogP contribution in [0.15, 0.2) is 24.3 Å². The van der Waals surface area contributed by atoms with Crippen LogP contribution in [0, 0.1) is 11.3 Å². The molecule has 3 nitrogen and oxygen atoms in total. The van der Waals surface area contributed by atoms with Gasteiger partial charge in [-0.15, -0.1) is 0 Å². The number of nitriles is 1. The van der Waals surface area contributed by atoms with E-state index in [0.717, 1.165) is 38.2 Å². The molecule has 1 fully saturated rings. The molecule has 0 saturated carbocycles. The summed E-state index contributed by atoms with van der Waals surface area (Å²) >= 11 is 6.05. The summed E-state index contributed by atoms with van der Waals surface area (Å²) in [4.78, 5) is 4.79. The van der Waals surface area contributed by atoms with Crippen LogP contribution >= 0.6 is 11.6 Å². The van der Waals surface area contributed by atoms with Crippen LogP contribution in [0.25, 0.3) is 0 Å². The number of hydrogen-bond acceptors (Lipinski definition) is 3. The predicted molar refractivity (Wildman–Crippen MR) is 82.7 cm³/mol. The standard InChI is InChI=1S/C16H22ClN3/c1-3-15-12-20(9-8-19(15)4-2)16(11-18)13-6-5-7-14(17)10-13/h5-7,10,15-16H,3-4,8-9,12H2,1-2H3. The van der Waals surface area contributed by atoms with Crippen molar-refractivity contribution in [2.75, 3.05) is 26.2 Å². The van der Waals surface area contributed by atoms with E-state index in [0.29, 0.717) is 11.1 Å². The summed E-state index contributed by atoms with van der Waals surface area (Å²) in [6, 6.07) is 10.5. The second kappa shape index (κ2) is 7.08. The van der Waals surface area contributed by atoms with E-state index in [1.165, 1.54) is 0 Å². The fourth-order valence-corrected chi connectivity index (χ4v) is 3.20. The average Bonchev–Trinajstić information content (AvgIpc) is 2.48. The average molecular weight is 292 g/mol. The number of halogens is 1. The van der Waals surface area contributed by atoms with Crippen LogP contribution < -0.4 is 0 Å². The van der Waals surface area contributed by atoms with Gasteiger partial charge in [0.2, 0.25) is 0 Å². The fraction of sp³-hybridized carbons (Fsp3) is 0.562. The molecular weight excluding hydrogens is 270 g/mol. The maximum Gasteiger partial charge on any atom is 0.124 e. The van der Waals surface area contributed by atoms with E-state index in [-0.39, 0.29) is 6.04 Å². The van der Waals surface area contributed by atoms with Gasteiger partial charge < -0.3 is 0 Å². The molecular formula is C16H22ClN3. The lowest BCUT2D eigenvalue weighted by atomic mass is 10.0. The van der Waals surface area contributed by atoms with E-state index < -0.39 is 0 Å². The Morgan fingerprint density at radius 2 is 2.20 bits per heavy atom. The quantitative estimate of drug-likeness (QED) is 0.852. The zero-order chi connectivity index (χ0) is 14.5. The lowest BCUT2D eigenvalue weighted by Crippen LogP contribution is -2.53. The minimum absolute atomic E-state index is 0.193. The molecule has 1 aliphatic rings. The number of rotatable bonds is 4. The van der Waals surface area contributed by atoms with E-state index in [4.69, 9.17) is 11.6 Å². The summed E-state index contributed by atoms with van der Waals surface area (Å²) in [5.74, 6) is 0. The normalized spacial score (nSPS) is 22.4. The van der Waals surface area contributed by atoms with Crippen molar-refractivity contribution in [3.63, 3.8) is 0 Å². The molecule has 0 spiro atoms. The summed E-state index contributed by atoms with van der Waals surface area (Å²) in [7, 11) is 0. The Bertz CT molecular complexity index is 483. The maximum absolute atomic E-state index is 9.56. The molecule has 1 aromatic rings. The van der Waals surface area contributed by atoms with Gasteiger partial charge in [-0.25, -0.2) is 0 Å². The Balaban J connectivity index is 2.15.